The number of carboxylic acid groups (broad SMARTS) is 1. The molecule has 1 fully saturated rings. The summed E-state index contributed by atoms with van der Waals surface area (Å²) >= 11 is 0. The molecule has 4 amide bonds. The topological polar surface area (TPSA) is 225 Å². The van der Waals surface area contributed by atoms with Gasteiger partial charge in [-0.2, -0.15) is 0 Å². The molecular formula is C22H31N5O8. The van der Waals surface area contributed by atoms with E-state index in [2.05, 4.69) is 10.6 Å². The van der Waals surface area contributed by atoms with Crippen LogP contribution in [0.2, 0.25) is 0 Å². The molecule has 0 bridgehead atoms. The number of carboxylic acids is 1. The molecule has 35 heavy (non-hydrogen) atoms. The predicted molar refractivity (Wildman–Crippen MR) is 122 cm³/mol. The third-order valence-corrected chi connectivity index (χ3v) is 5.66. The molecule has 0 spiro atoms. The second-order valence-corrected chi connectivity index (χ2v) is 8.31. The minimum Gasteiger partial charge on any atom is -0.508 e. The summed E-state index contributed by atoms with van der Waals surface area (Å²) < 4.78 is 0. The molecular weight excluding hydrogens is 462 g/mol. The number of amides is 4. The van der Waals surface area contributed by atoms with Crippen molar-refractivity contribution in [1.82, 2.24) is 15.5 Å². The monoisotopic (exact) mass is 493 g/mol. The van der Waals surface area contributed by atoms with Crippen LogP contribution >= 0.6 is 0 Å². The number of hydrogen-bond acceptors (Lipinski definition) is 8. The number of nitrogens with two attached hydrogens (primary N) is 2. The van der Waals surface area contributed by atoms with Crippen molar-refractivity contribution in [2.45, 2.75) is 56.3 Å². The Morgan fingerprint density at radius 2 is 1.69 bits per heavy atom. The number of aliphatic hydroxyl groups excluding tert-OH is 1. The summed E-state index contributed by atoms with van der Waals surface area (Å²) in [6.45, 7) is -0.478. The smallest absolute Gasteiger partial charge is 0.326 e. The summed E-state index contributed by atoms with van der Waals surface area (Å²) in [5.74, 6) is -4.15. The number of nitrogens with zero attached hydrogens (tertiary/aromatic N) is 1. The highest BCUT2D eigenvalue weighted by atomic mass is 16.4. The molecule has 4 unspecified atom stereocenters. The number of likely N-dealkylation sites (tertiary alicyclic amines) is 1. The standard InChI is InChI=1S/C22H31N5O8/c23-14(11-28)19(31)25-15(7-8-18(24)30)20(32)26-16(10-12-3-5-13(29)6-4-12)21(33)27-9-1-2-17(27)22(34)35/h3-6,14-17,28-29H,1-2,7-11,23H2,(H2,24,30)(H,25,31)(H,26,32)(H,34,35). The van der Waals surface area contributed by atoms with Gasteiger partial charge >= 0.3 is 5.97 Å². The Bertz CT molecular complexity index is 938. The van der Waals surface area contributed by atoms with Crippen LogP contribution in [0.5, 0.6) is 5.75 Å². The number of carbonyl (C=O) groups excluding carboxylic acids is 4. The molecule has 0 saturated carbocycles. The number of aliphatic hydroxyl groups is 1. The van der Waals surface area contributed by atoms with E-state index in [1.807, 2.05) is 0 Å². The molecule has 13 heteroatoms. The average Bonchev–Trinajstić information content (AvgIpc) is 3.31. The Morgan fingerprint density at radius 3 is 2.26 bits per heavy atom. The van der Waals surface area contributed by atoms with Crippen molar-refractivity contribution in [2.24, 2.45) is 11.5 Å². The van der Waals surface area contributed by atoms with E-state index < -0.39 is 60.4 Å². The van der Waals surface area contributed by atoms with Gasteiger partial charge in [0, 0.05) is 19.4 Å². The van der Waals surface area contributed by atoms with E-state index in [0.717, 1.165) is 0 Å². The van der Waals surface area contributed by atoms with Gasteiger partial charge in [0.2, 0.25) is 23.6 Å². The molecule has 1 aromatic rings. The Labute approximate surface area is 201 Å². The molecule has 9 N–H and O–H groups in total. The zero-order chi connectivity index (χ0) is 26.1. The molecule has 1 aliphatic heterocycles. The first-order valence-corrected chi connectivity index (χ1v) is 11.1. The zero-order valence-electron chi connectivity index (χ0n) is 19.1. The molecule has 13 nitrogen and oxygen atoms in total. The van der Waals surface area contributed by atoms with Gasteiger partial charge in [0.05, 0.1) is 6.61 Å². The molecule has 1 saturated heterocycles. The summed E-state index contributed by atoms with van der Waals surface area (Å²) in [4.78, 5) is 62.6. The van der Waals surface area contributed by atoms with E-state index in [-0.39, 0.29) is 38.0 Å². The molecule has 4 atom stereocenters. The first-order chi connectivity index (χ1) is 16.5. The molecule has 0 aliphatic carbocycles. The number of phenolic OH excluding ortho intramolecular Hbond substituents is 1. The van der Waals surface area contributed by atoms with Gasteiger partial charge in [-0.25, -0.2) is 4.79 Å². The van der Waals surface area contributed by atoms with Crippen molar-refractivity contribution in [3.05, 3.63) is 29.8 Å². The highest BCUT2D eigenvalue weighted by Crippen LogP contribution is 2.20. The Balaban J connectivity index is 2.28. The van der Waals surface area contributed by atoms with Gasteiger partial charge < -0.3 is 42.3 Å². The van der Waals surface area contributed by atoms with Crippen LogP contribution in [0, 0.1) is 0 Å². The lowest BCUT2D eigenvalue weighted by atomic mass is 10.0. The average molecular weight is 494 g/mol. The fourth-order valence-electron chi connectivity index (χ4n) is 3.74. The second kappa shape index (κ2) is 12.7. The van der Waals surface area contributed by atoms with Crippen molar-refractivity contribution < 1.29 is 39.3 Å². The number of aromatic hydroxyl groups is 1. The summed E-state index contributed by atoms with van der Waals surface area (Å²) in [6.07, 6.45) is 0.291. The summed E-state index contributed by atoms with van der Waals surface area (Å²) in [7, 11) is 0. The third-order valence-electron chi connectivity index (χ3n) is 5.66. The van der Waals surface area contributed by atoms with Crippen LogP contribution in [-0.4, -0.2) is 87.1 Å². The van der Waals surface area contributed by atoms with Gasteiger partial charge in [-0.05, 0) is 37.0 Å². The largest absolute Gasteiger partial charge is 0.508 e. The number of benzene rings is 1. The van der Waals surface area contributed by atoms with Crippen LogP contribution in [0.1, 0.15) is 31.2 Å². The number of carbonyl (C=O) groups is 5. The van der Waals surface area contributed by atoms with Gasteiger partial charge in [0.25, 0.3) is 0 Å². The number of primary amides is 1. The first-order valence-electron chi connectivity index (χ1n) is 11.1. The van der Waals surface area contributed by atoms with Crippen LogP contribution in [0.4, 0.5) is 0 Å². The quantitative estimate of drug-likeness (QED) is 0.164. The van der Waals surface area contributed by atoms with Crippen LogP contribution in [0.25, 0.3) is 0 Å². The number of hydrogen-bond donors (Lipinski definition) is 7. The zero-order valence-corrected chi connectivity index (χ0v) is 19.1. The molecule has 1 aromatic carbocycles. The normalized spacial score (nSPS) is 17.8. The van der Waals surface area contributed by atoms with Crippen molar-refractivity contribution >= 4 is 29.6 Å². The maximum atomic E-state index is 13.3. The Hall–Kier alpha value is -3.71. The number of aliphatic carboxylic acids is 1. The van der Waals surface area contributed by atoms with Crippen LogP contribution in [0.3, 0.4) is 0 Å². The van der Waals surface area contributed by atoms with Gasteiger partial charge in [-0.3, -0.25) is 19.2 Å². The van der Waals surface area contributed by atoms with E-state index >= 15 is 0 Å². The SMILES string of the molecule is NC(=O)CCC(NC(=O)C(N)CO)C(=O)NC(Cc1ccc(O)cc1)C(=O)N1CCCC1C(=O)O. The lowest BCUT2D eigenvalue weighted by molar-refractivity contribution is -0.149. The van der Waals surface area contributed by atoms with E-state index in [0.29, 0.717) is 12.0 Å². The van der Waals surface area contributed by atoms with Gasteiger partial charge in [-0.15, -0.1) is 0 Å². The molecule has 0 radical (unpaired) electrons. The summed E-state index contributed by atoms with van der Waals surface area (Å²) in [6, 6.07) is 1.06. The lowest BCUT2D eigenvalue weighted by Crippen LogP contribution is -2.58. The fraction of sp³-hybridized carbons (Fsp3) is 0.500. The van der Waals surface area contributed by atoms with Crippen molar-refractivity contribution in [2.75, 3.05) is 13.2 Å². The van der Waals surface area contributed by atoms with Gasteiger partial charge in [-0.1, -0.05) is 12.1 Å². The summed E-state index contributed by atoms with van der Waals surface area (Å²) in [5.41, 5.74) is 11.2. The van der Waals surface area contributed by atoms with Crippen molar-refractivity contribution in [3.8, 4) is 5.75 Å². The maximum absolute atomic E-state index is 13.3. The van der Waals surface area contributed by atoms with E-state index in [9.17, 15) is 34.2 Å². The molecule has 2 rings (SSSR count). The van der Waals surface area contributed by atoms with Crippen molar-refractivity contribution in [1.29, 1.82) is 0 Å². The van der Waals surface area contributed by atoms with Crippen LogP contribution < -0.4 is 22.1 Å². The van der Waals surface area contributed by atoms with E-state index in [1.54, 1.807) is 12.1 Å². The minimum absolute atomic E-state index is 0.000552. The predicted octanol–water partition coefficient (Wildman–Crippen LogP) is -2.43. The molecule has 192 valence electrons. The maximum Gasteiger partial charge on any atom is 0.326 e. The number of rotatable bonds is 12. The van der Waals surface area contributed by atoms with Crippen molar-refractivity contribution in [3.63, 3.8) is 0 Å². The molecule has 1 heterocycles. The fourth-order valence-corrected chi connectivity index (χ4v) is 3.74. The van der Waals surface area contributed by atoms with Crippen LogP contribution in [-0.2, 0) is 30.4 Å². The van der Waals surface area contributed by atoms with E-state index in [4.69, 9.17) is 16.6 Å². The second-order valence-electron chi connectivity index (χ2n) is 8.31. The molecule has 0 aromatic heterocycles. The first kappa shape index (κ1) is 27.5. The summed E-state index contributed by atoms with van der Waals surface area (Å²) in [5, 5.41) is 33.0. The number of phenols is 1. The lowest BCUT2D eigenvalue weighted by Gasteiger charge is -2.29. The van der Waals surface area contributed by atoms with Gasteiger partial charge in [0.1, 0.15) is 29.9 Å². The highest BCUT2D eigenvalue weighted by Gasteiger charge is 2.38. The highest BCUT2D eigenvalue weighted by molar-refractivity contribution is 5.94. The Kier molecular flexibility index (Phi) is 9.97. The van der Waals surface area contributed by atoms with Crippen LogP contribution in [0.15, 0.2) is 24.3 Å². The van der Waals surface area contributed by atoms with Gasteiger partial charge in [0.15, 0.2) is 0 Å². The minimum atomic E-state index is -1.31. The molecule has 1 aliphatic rings. The third kappa shape index (κ3) is 7.93. The number of nitrogens with one attached hydrogen (secondary N) is 2. The van der Waals surface area contributed by atoms with E-state index in [1.165, 1.54) is 17.0 Å². The Morgan fingerprint density at radius 1 is 1.06 bits per heavy atom.